The Morgan fingerprint density at radius 3 is 2.58 bits per heavy atom. The van der Waals surface area contributed by atoms with Crippen molar-refractivity contribution in [1.29, 1.82) is 0 Å². The summed E-state index contributed by atoms with van der Waals surface area (Å²) in [4.78, 5) is 4.50. The predicted octanol–water partition coefficient (Wildman–Crippen LogP) is 4.59. The summed E-state index contributed by atoms with van der Waals surface area (Å²) in [6.07, 6.45) is 6.96. The molecule has 2 rings (SSSR count). The van der Waals surface area contributed by atoms with Crippen LogP contribution in [0, 0.1) is 5.92 Å². The summed E-state index contributed by atoms with van der Waals surface area (Å²) in [5.74, 6) is 1.54. The highest BCUT2D eigenvalue weighted by atomic mass is 35.5. The molecule has 1 aliphatic carbocycles. The number of aromatic nitrogens is 1. The first kappa shape index (κ1) is 14.6. The van der Waals surface area contributed by atoms with E-state index in [1.807, 2.05) is 6.20 Å². The molecule has 1 heterocycles. The largest absolute Gasteiger partial charge is 0.370 e. The molecule has 1 aromatic rings. The van der Waals surface area contributed by atoms with Crippen LogP contribution in [-0.2, 0) is 5.41 Å². The summed E-state index contributed by atoms with van der Waals surface area (Å²) in [5, 5.41) is 3.76. The highest BCUT2D eigenvalue weighted by Gasteiger charge is 2.22. The lowest BCUT2D eigenvalue weighted by Crippen LogP contribution is -2.27. The van der Waals surface area contributed by atoms with Gasteiger partial charge in [-0.15, -0.1) is 11.6 Å². The van der Waals surface area contributed by atoms with Crippen molar-refractivity contribution in [3.63, 3.8) is 0 Å². The van der Waals surface area contributed by atoms with Gasteiger partial charge in [0.2, 0.25) is 0 Å². The van der Waals surface area contributed by atoms with Crippen LogP contribution < -0.4 is 5.32 Å². The number of hydrogen-bond acceptors (Lipinski definition) is 2. The normalized spacial score (nSPS) is 24.2. The maximum Gasteiger partial charge on any atom is 0.125 e. The van der Waals surface area contributed by atoms with Gasteiger partial charge in [-0.05, 0) is 35.8 Å². The summed E-state index contributed by atoms with van der Waals surface area (Å²) < 4.78 is 0. The van der Waals surface area contributed by atoms with E-state index in [4.69, 9.17) is 11.6 Å². The molecule has 2 atom stereocenters. The van der Waals surface area contributed by atoms with Crippen LogP contribution in [0.1, 0.15) is 52.0 Å². The van der Waals surface area contributed by atoms with Crippen LogP contribution in [0.3, 0.4) is 0 Å². The van der Waals surface area contributed by atoms with E-state index in [1.165, 1.54) is 24.8 Å². The minimum atomic E-state index is 0.163. The average molecular weight is 281 g/mol. The van der Waals surface area contributed by atoms with Crippen molar-refractivity contribution in [3.8, 4) is 0 Å². The van der Waals surface area contributed by atoms with Gasteiger partial charge in [0.1, 0.15) is 5.82 Å². The summed E-state index contributed by atoms with van der Waals surface area (Å²) >= 11 is 6.37. The van der Waals surface area contributed by atoms with E-state index in [-0.39, 0.29) is 5.41 Å². The number of nitrogens with one attached hydrogen (secondary N) is 1. The Morgan fingerprint density at radius 2 is 2.00 bits per heavy atom. The van der Waals surface area contributed by atoms with Gasteiger partial charge in [0.25, 0.3) is 0 Å². The van der Waals surface area contributed by atoms with Gasteiger partial charge >= 0.3 is 0 Å². The number of halogens is 1. The van der Waals surface area contributed by atoms with Crippen molar-refractivity contribution in [2.75, 3.05) is 11.9 Å². The molecule has 0 radical (unpaired) electrons. The van der Waals surface area contributed by atoms with Crippen LogP contribution in [0.15, 0.2) is 18.3 Å². The van der Waals surface area contributed by atoms with E-state index in [2.05, 4.69) is 43.2 Å². The molecular weight excluding hydrogens is 256 g/mol. The first-order chi connectivity index (χ1) is 8.97. The molecule has 1 N–H and O–H groups in total. The third-order valence-electron chi connectivity index (χ3n) is 3.99. The molecule has 2 nitrogen and oxygen atoms in total. The van der Waals surface area contributed by atoms with Gasteiger partial charge in [0.15, 0.2) is 0 Å². The van der Waals surface area contributed by atoms with E-state index >= 15 is 0 Å². The quantitative estimate of drug-likeness (QED) is 0.819. The lowest BCUT2D eigenvalue weighted by molar-refractivity contribution is 0.380. The van der Waals surface area contributed by atoms with Crippen molar-refractivity contribution in [2.24, 2.45) is 5.92 Å². The molecule has 1 aromatic heterocycles. The van der Waals surface area contributed by atoms with Crippen LogP contribution in [0.2, 0.25) is 0 Å². The van der Waals surface area contributed by atoms with Crippen molar-refractivity contribution in [2.45, 2.75) is 57.2 Å². The van der Waals surface area contributed by atoms with Crippen LogP contribution in [-0.4, -0.2) is 16.9 Å². The molecule has 3 heteroatoms. The van der Waals surface area contributed by atoms with Crippen LogP contribution >= 0.6 is 11.6 Å². The maximum atomic E-state index is 6.37. The Bertz CT molecular complexity index is 394. The first-order valence-electron chi connectivity index (χ1n) is 7.31. The summed E-state index contributed by atoms with van der Waals surface area (Å²) in [6, 6.07) is 4.24. The van der Waals surface area contributed by atoms with Crippen molar-refractivity contribution >= 4 is 17.4 Å². The van der Waals surface area contributed by atoms with E-state index < -0.39 is 0 Å². The van der Waals surface area contributed by atoms with Gasteiger partial charge in [-0.1, -0.05) is 39.7 Å². The average Bonchev–Trinajstić information content (AvgIpc) is 2.37. The number of hydrogen-bond donors (Lipinski definition) is 1. The van der Waals surface area contributed by atoms with Gasteiger partial charge < -0.3 is 5.32 Å². The molecule has 2 unspecified atom stereocenters. The molecule has 0 aliphatic heterocycles. The fourth-order valence-electron chi connectivity index (χ4n) is 2.57. The standard InChI is InChI=1S/C16H25ClN2/c1-16(2,3)13-8-9-15(19-11-13)18-10-12-6-4-5-7-14(12)17/h8-9,11-12,14H,4-7,10H2,1-3H3,(H,18,19). The number of pyridine rings is 1. The predicted molar refractivity (Wildman–Crippen MR) is 83.0 cm³/mol. The van der Waals surface area contributed by atoms with E-state index in [1.54, 1.807) is 0 Å². The summed E-state index contributed by atoms with van der Waals surface area (Å²) in [5.41, 5.74) is 1.43. The minimum Gasteiger partial charge on any atom is -0.370 e. The molecule has 0 bridgehead atoms. The zero-order valence-corrected chi connectivity index (χ0v) is 13.0. The van der Waals surface area contributed by atoms with Crippen LogP contribution in [0.5, 0.6) is 0 Å². The Hall–Kier alpha value is -0.760. The zero-order chi connectivity index (χ0) is 13.9. The highest BCUT2D eigenvalue weighted by molar-refractivity contribution is 6.20. The smallest absolute Gasteiger partial charge is 0.125 e. The van der Waals surface area contributed by atoms with Crippen molar-refractivity contribution in [1.82, 2.24) is 4.98 Å². The second-order valence-electron chi connectivity index (χ2n) is 6.62. The van der Waals surface area contributed by atoms with Gasteiger partial charge in [0.05, 0.1) is 0 Å². The fraction of sp³-hybridized carbons (Fsp3) is 0.688. The van der Waals surface area contributed by atoms with Gasteiger partial charge in [-0.2, -0.15) is 0 Å². The van der Waals surface area contributed by atoms with Crippen LogP contribution in [0.25, 0.3) is 0 Å². The highest BCUT2D eigenvalue weighted by Crippen LogP contribution is 2.29. The Balaban J connectivity index is 1.89. The minimum absolute atomic E-state index is 0.163. The molecule has 1 saturated carbocycles. The molecule has 0 aromatic carbocycles. The number of nitrogens with zero attached hydrogens (tertiary/aromatic N) is 1. The van der Waals surface area contributed by atoms with E-state index in [0.717, 1.165) is 18.8 Å². The molecule has 106 valence electrons. The monoisotopic (exact) mass is 280 g/mol. The second-order valence-corrected chi connectivity index (χ2v) is 7.18. The molecule has 0 spiro atoms. The second kappa shape index (κ2) is 6.13. The first-order valence-corrected chi connectivity index (χ1v) is 7.75. The SMILES string of the molecule is CC(C)(C)c1ccc(NCC2CCCCC2Cl)nc1. The lowest BCUT2D eigenvalue weighted by atomic mass is 9.88. The third-order valence-corrected chi connectivity index (χ3v) is 4.57. The van der Waals surface area contributed by atoms with E-state index in [0.29, 0.717) is 11.3 Å². The van der Waals surface area contributed by atoms with Crippen LogP contribution in [0.4, 0.5) is 5.82 Å². The van der Waals surface area contributed by atoms with E-state index in [9.17, 15) is 0 Å². The van der Waals surface area contributed by atoms with Crippen molar-refractivity contribution in [3.05, 3.63) is 23.9 Å². The van der Waals surface area contributed by atoms with Gasteiger partial charge in [-0.25, -0.2) is 4.98 Å². The summed E-state index contributed by atoms with van der Waals surface area (Å²) in [6.45, 7) is 7.56. The number of rotatable bonds is 3. The summed E-state index contributed by atoms with van der Waals surface area (Å²) in [7, 11) is 0. The number of anilines is 1. The number of alkyl halides is 1. The Kier molecular flexibility index (Phi) is 4.72. The molecular formula is C16H25ClN2. The third kappa shape index (κ3) is 4.10. The molecule has 0 amide bonds. The molecule has 0 saturated heterocycles. The Morgan fingerprint density at radius 1 is 1.26 bits per heavy atom. The van der Waals surface area contributed by atoms with Gasteiger partial charge in [0, 0.05) is 18.1 Å². The zero-order valence-electron chi connectivity index (χ0n) is 12.2. The molecule has 1 fully saturated rings. The topological polar surface area (TPSA) is 24.9 Å². The van der Waals surface area contributed by atoms with Crippen molar-refractivity contribution < 1.29 is 0 Å². The van der Waals surface area contributed by atoms with Gasteiger partial charge in [-0.3, -0.25) is 0 Å². The lowest BCUT2D eigenvalue weighted by Gasteiger charge is -2.27. The molecule has 1 aliphatic rings. The Labute approximate surface area is 122 Å². The molecule has 19 heavy (non-hydrogen) atoms. The maximum absolute atomic E-state index is 6.37. The fourth-order valence-corrected chi connectivity index (χ4v) is 2.94.